The Morgan fingerprint density at radius 2 is 1.24 bits per heavy atom. The SMILES string of the molecule is C.C=Cc1cc(C=C)cc(C=Nc2ccc(N=C)cc2)c1. The first-order chi connectivity index (χ1) is 9.75. The molecule has 0 atom stereocenters. The highest BCUT2D eigenvalue weighted by Crippen LogP contribution is 2.18. The lowest BCUT2D eigenvalue weighted by atomic mass is 10.1. The van der Waals surface area contributed by atoms with Gasteiger partial charge in [0.25, 0.3) is 0 Å². The molecule has 0 N–H and O–H groups in total. The molecule has 0 aromatic heterocycles. The molecule has 2 heteroatoms. The van der Waals surface area contributed by atoms with Crippen molar-refractivity contribution in [3.8, 4) is 0 Å². The molecule has 21 heavy (non-hydrogen) atoms. The van der Waals surface area contributed by atoms with Crippen LogP contribution in [-0.2, 0) is 0 Å². The third kappa shape index (κ3) is 4.39. The highest BCUT2D eigenvalue weighted by molar-refractivity contribution is 5.84. The molecule has 0 saturated heterocycles. The van der Waals surface area contributed by atoms with Gasteiger partial charge in [0.15, 0.2) is 0 Å². The predicted octanol–water partition coefficient (Wildman–Crippen LogP) is 5.69. The summed E-state index contributed by atoms with van der Waals surface area (Å²) in [5.41, 5.74) is 4.83. The fourth-order valence-corrected chi connectivity index (χ4v) is 1.81. The molecule has 0 aliphatic carbocycles. The van der Waals surface area contributed by atoms with E-state index in [2.05, 4.69) is 29.9 Å². The summed E-state index contributed by atoms with van der Waals surface area (Å²) in [5.74, 6) is 0. The first kappa shape index (κ1) is 16.3. The van der Waals surface area contributed by atoms with Gasteiger partial charge in [0, 0.05) is 6.21 Å². The van der Waals surface area contributed by atoms with Gasteiger partial charge in [-0.15, -0.1) is 0 Å². The van der Waals surface area contributed by atoms with E-state index in [0.717, 1.165) is 28.1 Å². The number of hydrogen-bond acceptors (Lipinski definition) is 2. The highest BCUT2D eigenvalue weighted by atomic mass is 14.7. The van der Waals surface area contributed by atoms with Crippen LogP contribution in [0.4, 0.5) is 11.4 Å². The zero-order chi connectivity index (χ0) is 14.4. The summed E-state index contributed by atoms with van der Waals surface area (Å²) in [6.07, 6.45) is 5.46. The molecule has 0 amide bonds. The molecule has 2 rings (SSSR count). The number of rotatable bonds is 5. The van der Waals surface area contributed by atoms with Crippen molar-refractivity contribution >= 4 is 36.5 Å². The van der Waals surface area contributed by atoms with Crippen LogP contribution < -0.4 is 0 Å². The van der Waals surface area contributed by atoms with E-state index in [4.69, 9.17) is 0 Å². The first-order valence-corrected chi connectivity index (χ1v) is 6.26. The summed E-state index contributed by atoms with van der Waals surface area (Å²) >= 11 is 0. The fourth-order valence-electron chi connectivity index (χ4n) is 1.81. The largest absolute Gasteiger partial charge is 0.265 e. The molecule has 0 fully saturated rings. The van der Waals surface area contributed by atoms with Crippen LogP contribution in [0.2, 0.25) is 0 Å². The van der Waals surface area contributed by atoms with Crippen LogP contribution in [0.1, 0.15) is 24.1 Å². The van der Waals surface area contributed by atoms with Gasteiger partial charge in [-0.3, -0.25) is 9.98 Å². The van der Waals surface area contributed by atoms with Crippen molar-refractivity contribution in [2.75, 3.05) is 0 Å². The Kier molecular flexibility index (Phi) is 6.02. The molecule has 0 radical (unpaired) electrons. The van der Waals surface area contributed by atoms with E-state index in [0.29, 0.717) is 0 Å². The van der Waals surface area contributed by atoms with E-state index in [1.807, 2.05) is 60.8 Å². The second-order valence-electron chi connectivity index (χ2n) is 4.27. The summed E-state index contributed by atoms with van der Waals surface area (Å²) < 4.78 is 0. The minimum Gasteiger partial charge on any atom is -0.265 e. The number of aliphatic imine (C=N–C) groups is 2. The van der Waals surface area contributed by atoms with Gasteiger partial charge >= 0.3 is 0 Å². The third-order valence-electron chi connectivity index (χ3n) is 2.87. The van der Waals surface area contributed by atoms with E-state index in [-0.39, 0.29) is 7.43 Å². The quantitative estimate of drug-likeness (QED) is 0.627. The van der Waals surface area contributed by atoms with Crippen molar-refractivity contribution in [3.63, 3.8) is 0 Å². The summed E-state index contributed by atoms with van der Waals surface area (Å²) in [7, 11) is 0. The van der Waals surface area contributed by atoms with Gasteiger partial charge in [-0.1, -0.05) is 32.7 Å². The van der Waals surface area contributed by atoms with Gasteiger partial charge < -0.3 is 0 Å². The maximum atomic E-state index is 4.45. The Morgan fingerprint density at radius 1 is 0.762 bits per heavy atom. The second kappa shape index (κ2) is 7.75. The maximum Gasteiger partial charge on any atom is 0.0631 e. The zero-order valence-corrected chi connectivity index (χ0v) is 11.3. The van der Waals surface area contributed by atoms with Crippen LogP contribution >= 0.6 is 0 Å². The highest BCUT2D eigenvalue weighted by Gasteiger charge is 1.95. The average Bonchev–Trinajstić information content (AvgIpc) is 2.53. The lowest BCUT2D eigenvalue weighted by molar-refractivity contribution is 1.49. The average molecular weight is 276 g/mol. The molecule has 2 aromatic rings. The van der Waals surface area contributed by atoms with Gasteiger partial charge in [-0.25, -0.2) is 0 Å². The van der Waals surface area contributed by atoms with Gasteiger partial charge in [0.1, 0.15) is 0 Å². The molecule has 0 heterocycles. The Labute approximate surface area is 126 Å². The van der Waals surface area contributed by atoms with Crippen molar-refractivity contribution < 1.29 is 0 Å². The zero-order valence-electron chi connectivity index (χ0n) is 11.3. The van der Waals surface area contributed by atoms with Crippen molar-refractivity contribution in [1.29, 1.82) is 0 Å². The molecular weight excluding hydrogens is 256 g/mol. The van der Waals surface area contributed by atoms with Gasteiger partial charge in [0.2, 0.25) is 0 Å². The van der Waals surface area contributed by atoms with Crippen molar-refractivity contribution in [3.05, 3.63) is 72.3 Å². The molecule has 106 valence electrons. The van der Waals surface area contributed by atoms with E-state index in [9.17, 15) is 0 Å². The van der Waals surface area contributed by atoms with Gasteiger partial charge in [-0.05, 0) is 65.9 Å². The van der Waals surface area contributed by atoms with E-state index < -0.39 is 0 Å². The van der Waals surface area contributed by atoms with Crippen molar-refractivity contribution in [2.45, 2.75) is 7.43 Å². The molecule has 0 bridgehead atoms. The predicted molar refractivity (Wildman–Crippen MR) is 96.3 cm³/mol. The summed E-state index contributed by atoms with van der Waals surface area (Å²) in [4.78, 5) is 8.30. The van der Waals surface area contributed by atoms with Gasteiger partial charge in [-0.2, -0.15) is 0 Å². The number of nitrogens with zero attached hydrogens (tertiary/aromatic N) is 2. The lowest BCUT2D eigenvalue weighted by Crippen LogP contribution is -1.85. The summed E-state index contributed by atoms with van der Waals surface area (Å²) in [6.45, 7) is 11.1. The van der Waals surface area contributed by atoms with Crippen LogP contribution in [0.3, 0.4) is 0 Å². The van der Waals surface area contributed by atoms with Crippen LogP contribution in [0.5, 0.6) is 0 Å². The number of benzene rings is 2. The van der Waals surface area contributed by atoms with Crippen LogP contribution in [0.25, 0.3) is 12.2 Å². The van der Waals surface area contributed by atoms with Crippen LogP contribution in [0, 0.1) is 0 Å². The molecule has 0 unspecified atom stereocenters. The second-order valence-corrected chi connectivity index (χ2v) is 4.27. The fraction of sp³-hybridized carbons (Fsp3) is 0.0526. The molecule has 2 nitrogen and oxygen atoms in total. The molecule has 0 aliphatic heterocycles. The topological polar surface area (TPSA) is 24.7 Å². The standard InChI is InChI=1S/C18H16N2.CH4/c1-4-14-10-15(5-2)12-16(11-14)13-20-18-8-6-17(19-3)7-9-18;/h4-13H,1-3H2;1H4. The first-order valence-electron chi connectivity index (χ1n) is 6.26. The lowest BCUT2D eigenvalue weighted by Gasteiger charge is -2.01. The summed E-state index contributed by atoms with van der Waals surface area (Å²) in [5, 5.41) is 0. The normalized spacial score (nSPS) is 9.90. The Morgan fingerprint density at radius 3 is 1.71 bits per heavy atom. The minimum atomic E-state index is 0. The van der Waals surface area contributed by atoms with Crippen molar-refractivity contribution in [2.24, 2.45) is 9.98 Å². The molecular formula is C19H20N2. The van der Waals surface area contributed by atoms with E-state index in [1.54, 1.807) is 0 Å². The molecule has 2 aromatic carbocycles. The van der Waals surface area contributed by atoms with Crippen LogP contribution in [-0.4, -0.2) is 12.9 Å². The third-order valence-corrected chi connectivity index (χ3v) is 2.87. The summed E-state index contributed by atoms with van der Waals surface area (Å²) in [6, 6.07) is 13.7. The van der Waals surface area contributed by atoms with Crippen LogP contribution in [0.15, 0.2) is 65.6 Å². The van der Waals surface area contributed by atoms with E-state index >= 15 is 0 Å². The Bertz CT molecular complexity index is 638. The molecule has 0 spiro atoms. The van der Waals surface area contributed by atoms with Gasteiger partial charge in [0.05, 0.1) is 11.4 Å². The Hall–Kier alpha value is -2.74. The maximum absolute atomic E-state index is 4.45. The Balaban J connectivity index is 0.00000220. The van der Waals surface area contributed by atoms with E-state index in [1.165, 1.54) is 0 Å². The smallest absolute Gasteiger partial charge is 0.0631 e. The van der Waals surface area contributed by atoms with Crippen molar-refractivity contribution in [1.82, 2.24) is 0 Å². The monoisotopic (exact) mass is 276 g/mol. The molecule has 0 aliphatic rings. The number of hydrogen-bond donors (Lipinski definition) is 0. The molecule has 0 saturated carbocycles. The minimum absolute atomic E-state index is 0.